The fourth-order valence-corrected chi connectivity index (χ4v) is 6.63. The van der Waals surface area contributed by atoms with Crippen LogP contribution in [0.4, 0.5) is 0 Å². The van der Waals surface area contributed by atoms with Crippen LogP contribution in [0.15, 0.2) is 24.3 Å². The maximum atomic E-state index is 13.7. The second-order valence-electron chi connectivity index (χ2n) is 13.0. The van der Waals surface area contributed by atoms with Crippen LogP contribution in [0.5, 0.6) is 51.7 Å². The van der Waals surface area contributed by atoms with Crippen LogP contribution in [0.3, 0.4) is 0 Å². The highest BCUT2D eigenvalue weighted by Gasteiger charge is 2.49. The highest BCUT2D eigenvalue weighted by Crippen LogP contribution is 2.52. The van der Waals surface area contributed by atoms with E-state index in [2.05, 4.69) is 0 Å². The van der Waals surface area contributed by atoms with Crippen molar-refractivity contribution < 1.29 is 109 Å². The van der Waals surface area contributed by atoms with Gasteiger partial charge in [0.25, 0.3) is 0 Å². The van der Waals surface area contributed by atoms with Crippen LogP contribution in [-0.2, 0) is 14.2 Å². The molecule has 10 atom stereocenters. The van der Waals surface area contributed by atoms with Gasteiger partial charge in [-0.05, 0) is 24.3 Å². The van der Waals surface area contributed by atoms with Gasteiger partial charge in [-0.2, -0.15) is 0 Å². The zero-order valence-corrected chi connectivity index (χ0v) is 29.4. The van der Waals surface area contributed by atoms with Gasteiger partial charge in [-0.25, -0.2) is 14.4 Å². The van der Waals surface area contributed by atoms with Crippen molar-refractivity contribution in [2.45, 2.75) is 61.0 Å². The lowest BCUT2D eigenvalue weighted by Gasteiger charge is -2.41. The predicted octanol–water partition coefficient (Wildman–Crippen LogP) is -2.12. The van der Waals surface area contributed by atoms with Gasteiger partial charge in [0.05, 0.1) is 26.4 Å². The molecule has 0 radical (unpaired) electrons. The van der Waals surface area contributed by atoms with Gasteiger partial charge in [-0.1, -0.05) is 0 Å². The topological polar surface area (TPSA) is 359 Å². The molecule has 2 fully saturated rings. The second-order valence-corrected chi connectivity index (χ2v) is 13.0. The van der Waals surface area contributed by atoms with Crippen LogP contribution in [-0.4, -0.2) is 155 Å². The Morgan fingerprint density at radius 3 is 1.46 bits per heavy atom. The summed E-state index contributed by atoms with van der Waals surface area (Å²) in [7, 11) is 2.06. The normalized spacial score (nSPS) is 28.5. The van der Waals surface area contributed by atoms with E-state index in [1.807, 2.05) is 0 Å². The molecule has 0 aliphatic carbocycles. The first-order valence-electron chi connectivity index (χ1n) is 16.7. The Balaban J connectivity index is 1.35. The highest BCUT2D eigenvalue weighted by atomic mass is 16.6. The SMILES string of the molecule is COc1c([C@@H]2O[C@H](CO)[C@@H](O)[C@H](O)[C@H]2O)cc2c(c1O)OC(=O)c1cc([C@@H]3O[C@H](COC(=O)c4cc(O)c(O)c(O)c4)[C@@H](O)[C@H](O)[C@H]3O)c(OC)c(O)c1OC2=O. The molecule has 22 nitrogen and oxygen atoms in total. The van der Waals surface area contributed by atoms with Crippen molar-refractivity contribution in [3.8, 4) is 51.7 Å². The maximum absolute atomic E-state index is 13.7. The van der Waals surface area contributed by atoms with Gasteiger partial charge in [0.2, 0.25) is 11.5 Å². The minimum atomic E-state index is -2.04. The largest absolute Gasteiger partial charge is 0.504 e. The summed E-state index contributed by atoms with van der Waals surface area (Å²) in [5.74, 6) is -11.6. The first-order chi connectivity index (χ1) is 26.9. The van der Waals surface area contributed by atoms with Gasteiger partial charge in [-0.15, -0.1) is 0 Å². The van der Waals surface area contributed by atoms with E-state index in [-0.39, 0.29) is 5.56 Å². The molecule has 0 amide bonds. The van der Waals surface area contributed by atoms with E-state index in [4.69, 9.17) is 33.2 Å². The first-order valence-corrected chi connectivity index (χ1v) is 16.7. The van der Waals surface area contributed by atoms with Gasteiger partial charge in [-0.3, -0.25) is 0 Å². The zero-order valence-electron chi connectivity index (χ0n) is 29.4. The number of methoxy groups -OCH3 is 2. The molecule has 0 spiro atoms. The molecule has 0 bridgehead atoms. The molecule has 0 aromatic heterocycles. The van der Waals surface area contributed by atoms with Crippen molar-refractivity contribution >= 4 is 17.9 Å². The predicted molar refractivity (Wildman–Crippen MR) is 179 cm³/mol. The summed E-state index contributed by atoms with van der Waals surface area (Å²) >= 11 is 0. The standard InChI is InChI=1S/C35H36O22/c1-51-27-10(29-23(44)21(42)19(40)16(7-36)54-29)5-12-31(25(27)46)56-35(50)13-6-11(28(52-2)26(47)32(13)57-34(12)49)30-24(45)22(43)20(41)17(55-30)8-53-33(48)9-3-14(37)18(39)15(38)4-9/h3-6,16-17,19-24,29-30,36-47H,7-8H2,1-2H3/t16-,17-,19-,20-,21+,22+,23-,24-,29+,30+/m1/s1. The maximum Gasteiger partial charge on any atom is 0.347 e. The van der Waals surface area contributed by atoms with Crippen LogP contribution in [0.25, 0.3) is 0 Å². The summed E-state index contributed by atoms with van der Waals surface area (Å²) in [6.45, 7) is -1.67. The van der Waals surface area contributed by atoms with E-state index in [1.165, 1.54) is 0 Å². The second kappa shape index (κ2) is 15.7. The first kappa shape index (κ1) is 41.0. The summed E-state index contributed by atoms with van der Waals surface area (Å²) in [6.07, 6.45) is -18.1. The molecule has 3 heterocycles. The van der Waals surface area contributed by atoms with E-state index in [0.29, 0.717) is 0 Å². The summed E-state index contributed by atoms with van der Waals surface area (Å²) in [5, 5.41) is 125. The Kier molecular flexibility index (Phi) is 11.3. The average molecular weight is 809 g/mol. The minimum absolute atomic E-state index is 0.333. The van der Waals surface area contributed by atoms with Crippen LogP contribution < -0.4 is 18.9 Å². The number of aliphatic hydroxyl groups excluding tert-OH is 7. The molecule has 22 heteroatoms. The fraction of sp³-hybridized carbons (Fsp3) is 0.400. The van der Waals surface area contributed by atoms with Crippen molar-refractivity contribution in [2.75, 3.05) is 27.4 Å². The average Bonchev–Trinajstić information content (AvgIpc) is 3.18. The van der Waals surface area contributed by atoms with Crippen LogP contribution in [0.2, 0.25) is 0 Å². The lowest BCUT2D eigenvalue weighted by atomic mass is 9.89. The van der Waals surface area contributed by atoms with E-state index in [9.17, 15) is 75.7 Å². The number of carbonyl (C=O) groups is 3. The van der Waals surface area contributed by atoms with Crippen molar-refractivity contribution in [3.05, 3.63) is 52.1 Å². The van der Waals surface area contributed by atoms with Gasteiger partial charge < -0.3 is 94.4 Å². The van der Waals surface area contributed by atoms with E-state index >= 15 is 0 Å². The summed E-state index contributed by atoms with van der Waals surface area (Å²) in [6, 6.07) is 3.31. The van der Waals surface area contributed by atoms with Gasteiger partial charge in [0.15, 0.2) is 40.2 Å². The Morgan fingerprint density at radius 1 is 0.614 bits per heavy atom. The third-order valence-electron chi connectivity index (χ3n) is 9.61. The highest BCUT2D eigenvalue weighted by molar-refractivity contribution is 6.04. The molecule has 12 N–H and O–H groups in total. The van der Waals surface area contributed by atoms with E-state index < -0.39 is 166 Å². The number of rotatable bonds is 8. The molecule has 0 unspecified atom stereocenters. The number of benzene rings is 3. The molecule has 0 saturated carbocycles. The van der Waals surface area contributed by atoms with Gasteiger partial charge in [0, 0.05) is 11.1 Å². The van der Waals surface area contributed by atoms with Crippen molar-refractivity contribution in [1.82, 2.24) is 0 Å². The smallest absolute Gasteiger partial charge is 0.347 e. The Morgan fingerprint density at radius 2 is 1.04 bits per heavy atom. The molecular formula is C35H36O22. The van der Waals surface area contributed by atoms with Crippen LogP contribution >= 0.6 is 0 Å². The number of phenols is 5. The lowest BCUT2D eigenvalue weighted by Crippen LogP contribution is -2.55. The number of aromatic hydroxyl groups is 5. The molecular weight excluding hydrogens is 772 g/mol. The Hall–Kier alpha value is -5.69. The van der Waals surface area contributed by atoms with Gasteiger partial charge in [0.1, 0.15) is 78.8 Å². The van der Waals surface area contributed by atoms with Crippen molar-refractivity contribution in [2.24, 2.45) is 0 Å². The minimum Gasteiger partial charge on any atom is -0.504 e. The molecule has 3 aliphatic rings. The monoisotopic (exact) mass is 808 g/mol. The van der Waals surface area contributed by atoms with Crippen LogP contribution in [0, 0.1) is 0 Å². The number of aliphatic hydroxyl groups is 7. The third kappa shape index (κ3) is 7.02. The molecule has 3 aromatic carbocycles. The summed E-state index contributed by atoms with van der Waals surface area (Å²) < 4.78 is 37.7. The zero-order chi connectivity index (χ0) is 41.8. The van der Waals surface area contributed by atoms with E-state index in [1.54, 1.807) is 0 Å². The molecule has 3 aliphatic heterocycles. The molecule has 57 heavy (non-hydrogen) atoms. The van der Waals surface area contributed by atoms with Crippen LogP contribution in [0.1, 0.15) is 54.4 Å². The molecule has 2 saturated heterocycles. The summed E-state index contributed by atoms with van der Waals surface area (Å²) in [4.78, 5) is 40.1. The number of ether oxygens (including phenoxy) is 7. The van der Waals surface area contributed by atoms with Crippen molar-refractivity contribution in [1.29, 1.82) is 0 Å². The van der Waals surface area contributed by atoms with Crippen molar-refractivity contribution in [3.63, 3.8) is 0 Å². The molecule has 308 valence electrons. The number of fused-ring (bicyclic) bond motifs is 2. The number of phenolic OH excluding ortho intramolecular Hbond substituents is 5. The summed E-state index contributed by atoms with van der Waals surface area (Å²) in [5.41, 5.74) is -2.64. The van der Waals surface area contributed by atoms with E-state index in [0.717, 1.165) is 38.5 Å². The Labute approximate surface area is 319 Å². The third-order valence-corrected chi connectivity index (χ3v) is 9.61. The Bertz CT molecular complexity index is 2060. The molecule has 6 rings (SSSR count). The number of carbonyl (C=O) groups excluding carboxylic acids is 3. The quantitative estimate of drug-likeness (QED) is 0.0657. The fourth-order valence-electron chi connectivity index (χ4n) is 6.63. The number of hydrogen-bond donors (Lipinski definition) is 12. The number of esters is 3. The molecule has 3 aromatic rings. The lowest BCUT2D eigenvalue weighted by molar-refractivity contribution is -0.232. The van der Waals surface area contributed by atoms with Gasteiger partial charge >= 0.3 is 17.9 Å². The number of hydrogen-bond acceptors (Lipinski definition) is 22.